The van der Waals surface area contributed by atoms with Gasteiger partial charge in [0.2, 0.25) is 5.91 Å². The molecule has 2 aromatic rings. The minimum atomic E-state index is -0.265. The van der Waals surface area contributed by atoms with E-state index in [0.717, 1.165) is 11.4 Å². The highest BCUT2D eigenvalue weighted by Crippen LogP contribution is 2.25. The Morgan fingerprint density at radius 3 is 2.54 bits per heavy atom. The summed E-state index contributed by atoms with van der Waals surface area (Å²) in [5.41, 5.74) is 1.57. The van der Waals surface area contributed by atoms with Gasteiger partial charge < -0.3 is 15.5 Å². The molecule has 1 heterocycles. The van der Waals surface area contributed by atoms with E-state index in [1.165, 1.54) is 0 Å². The molecule has 0 bridgehead atoms. The SMILES string of the molecule is O=C(NC[C@H]1CC(=O)N(c2ccc(Cl)cc2)C1)Nc1ccccc1. The van der Waals surface area contributed by atoms with Gasteiger partial charge in [-0.25, -0.2) is 4.79 Å². The molecule has 0 spiro atoms. The molecule has 124 valence electrons. The molecular weight excluding hydrogens is 326 g/mol. The van der Waals surface area contributed by atoms with Gasteiger partial charge in [-0.3, -0.25) is 4.79 Å². The lowest BCUT2D eigenvalue weighted by molar-refractivity contribution is -0.117. The number of anilines is 2. The second kappa shape index (κ2) is 7.36. The molecule has 0 aromatic heterocycles. The van der Waals surface area contributed by atoms with Crippen LogP contribution < -0.4 is 15.5 Å². The first-order valence-corrected chi connectivity index (χ1v) is 8.15. The zero-order valence-electron chi connectivity index (χ0n) is 13.0. The maximum atomic E-state index is 12.2. The van der Waals surface area contributed by atoms with E-state index in [-0.39, 0.29) is 17.9 Å². The van der Waals surface area contributed by atoms with Crippen molar-refractivity contribution >= 4 is 34.9 Å². The molecule has 2 N–H and O–H groups in total. The fourth-order valence-electron chi connectivity index (χ4n) is 2.72. The van der Waals surface area contributed by atoms with Crippen LogP contribution in [-0.2, 0) is 4.79 Å². The van der Waals surface area contributed by atoms with E-state index in [0.29, 0.717) is 24.5 Å². The van der Waals surface area contributed by atoms with Crippen LogP contribution in [0.5, 0.6) is 0 Å². The van der Waals surface area contributed by atoms with Crippen molar-refractivity contribution in [2.45, 2.75) is 6.42 Å². The van der Waals surface area contributed by atoms with E-state index in [2.05, 4.69) is 10.6 Å². The van der Waals surface area contributed by atoms with E-state index >= 15 is 0 Å². The Kier molecular flexibility index (Phi) is 5.01. The molecule has 1 saturated heterocycles. The number of rotatable bonds is 4. The monoisotopic (exact) mass is 343 g/mol. The van der Waals surface area contributed by atoms with Crippen LogP contribution in [0.4, 0.5) is 16.2 Å². The Bertz CT molecular complexity index is 719. The third kappa shape index (κ3) is 4.06. The summed E-state index contributed by atoms with van der Waals surface area (Å²) in [5, 5.41) is 6.23. The van der Waals surface area contributed by atoms with Crippen molar-refractivity contribution in [2.24, 2.45) is 5.92 Å². The molecule has 6 heteroatoms. The normalized spacial score (nSPS) is 17.0. The summed E-state index contributed by atoms with van der Waals surface area (Å²) in [7, 11) is 0. The van der Waals surface area contributed by atoms with Gasteiger partial charge in [-0.2, -0.15) is 0 Å². The zero-order valence-corrected chi connectivity index (χ0v) is 13.8. The van der Waals surface area contributed by atoms with Crippen LogP contribution in [0, 0.1) is 5.92 Å². The molecule has 0 radical (unpaired) electrons. The first kappa shape index (κ1) is 16.3. The van der Waals surface area contributed by atoms with E-state index in [4.69, 9.17) is 11.6 Å². The summed E-state index contributed by atoms with van der Waals surface area (Å²) in [6.45, 7) is 1.04. The van der Waals surface area contributed by atoms with Gasteiger partial charge in [-0.1, -0.05) is 29.8 Å². The number of carbonyl (C=O) groups excluding carboxylic acids is 2. The summed E-state index contributed by atoms with van der Waals surface area (Å²) in [6, 6.07) is 16.2. The molecule has 24 heavy (non-hydrogen) atoms. The largest absolute Gasteiger partial charge is 0.338 e. The van der Waals surface area contributed by atoms with Gasteiger partial charge in [0.15, 0.2) is 0 Å². The molecular formula is C18H18ClN3O2. The Morgan fingerprint density at radius 2 is 1.83 bits per heavy atom. The molecule has 1 aliphatic heterocycles. The van der Waals surface area contributed by atoms with E-state index in [9.17, 15) is 9.59 Å². The second-order valence-electron chi connectivity index (χ2n) is 5.75. The fraction of sp³-hybridized carbons (Fsp3) is 0.222. The van der Waals surface area contributed by atoms with Crippen molar-refractivity contribution in [3.63, 3.8) is 0 Å². The van der Waals surface area contributed by atoms with Crippen molar-refractivity contribution in [1.82, 2.24) is 5.32 Å². The fourth-order valence-corrected chi connectivity index (χ4v) is 2.85. The van der Waals surface area contributed by atoms with E-state index in [1.807, 2.05) is 42.5 Å². The van der Waals surface area contributed by atoms with Crippen molar-refractivity contribution < 1.29 is 9.59 Å². The Balaban J connectivity index is 1.51. The van der Waals surface area contributed by atoms with Crippen LogP contribution in [-0.4, -0.2) is 25.0 Å². The number of urea groups is 1. The molecule has 0 saturated carbocycles. The maximum absolute atomic E-state index is 12.2. The zero-order chi connectivity index (χ0) is 16.9. The van der Waals surface area contributed by atoms with Crippen LogP contribution in [0.25, 0.3) is 0 Å². The molecule has 1 atom stereocenters. The van der Waals surface area contributed by atoms with Crippen LogP contribution in [0.2, 0.25) is 5.02 Å². The Labute approximate surface area is 145 Å². The number of nitrogens with one attached hydrogen (secondary N) is 2. The number of amides is 3. The van der Waals surface area contributed by atoms with Crippen molar-refractivity contribution in [2.75, 3.05) is 23.3 Å². The summed E-state index contributed by atoms with van der Waals surface area (Å²) in [4.78, 5) is 25.8. The smallest absolute Gasteiger partial charge is 0.319 e. The molecule has 3 amide bonds. The molecule has 1 fully saturated rings. The lowest BCUT2D eigenvalue weighted by atomic mass is 10.1. The number of nitrogens with zero attached hydrogens (tertiary/aromatic N) is 1. The van der Waals surface area contributed by atoms with Gasteiger partial charge in [-0.15, -0.1) is 0 Å². The Hall–Kier alpha value is -2.53. The first-order chi connectivity index (χ1) is 11.6. The molecule has 0 aliphatic carbocycles. The number of para-hydroxylation sites is 1. The van der Waals surface area contributed by atoms with Gasteiger partial charge >= 0.3 is 6.03 Å². The molecule has 1 aliphatic rings. The molecule has 2 aromatic carbocycles. The van der Waals surface area contributed by atoms with Crippen LogP contribution >= 0.6 is 11.6 Å². The van der Waals surface area contributed by atoms with Crippen molar-refractivity contribution in [3.05, 3.63) is 59.6 Å². The van der Waals surface area contributed by atoms with Gasteiger partial charge in [-0.05, 0) is 36.4 Å². The summed E-state index contributed by atoms with van der Waals surface area (Å²) >= 11 is 5.88. The number of hydrogen-bond donors (Lipinski definition) is 2. The summed E-state index contributed by atoms with van der Waals surface area (Å²) in [6.07, 6.45) is 0.425. The van der Waals surface area contributed by atoms with Crippen LogP contribution in [0.1, 0.15) is 6.42 Å². The Morgan fingerprint density at radius 1 is 1.12 bits per heavy atom. The maximum Gasteiger partial charge on any atom is 0.319 e. The van der Waals surface area contributed by atoms with Crippen molar-refractivity contribution in [3.8, 4) is 0 Å². The quantitative estimate of drug-likeness (QED) is 0.892. The predicted octanol–water partition coefficient (Wildman–Crippen LogP) is 3.51. The topological polar surface area (TPSA) is 61.4 Å². The minimum Gasteiger partial charge on any atom is -0.338 e. The van der Waals surface area contributed by atoms with Gasteiger partial charge in [0.05, 0.1) is 0 Å². The van der Waals surface area contributed by atoms with Crippen molar-refractivity contribution in [1.29, 1.82) is 0 Å². The highest BCUT2D eigenvalue weighted by atomic mass is 35.5. The highest BCUT2D eigenvalue weighted by Gasteiger charge is 2.30. The molecule has 3 rings (SSSR count). The van der Waals surface area contributed by atoms with E-state index < -0.39 is 0 Å². The predicted molar refractivity (Wildman–Crippen MR) is 95.4 cm³/mol. The third-order valence-corrected chi connectivity index (χ3v) is 4.18. The van der Waals surface area contributed by atoms with Crippen LogP contribution in [0.15, 0.2) is 54.6 Å². The molecule has 5 nitrogen and oxygen atoms in total. The highest BCUT2D eigenvalue weighted by molar-refractivity contribution is 6.30. The minimum absolute atomic E-state index is 0.0626. The first-order valence-electron chi connectivity index (χ1n) is 7.77. The van der Waals surface area contributed by atoms with Gasteiger partial charge in [0, 0.05) is 41.8 Å². The molecule has 0 unspecified atom stereocenters. The second-order valence-corrected chi connectivity index (χ2v) is 6.19. The van der Waals surface area contributed by atoms with Gasteiger partial charge in [0.25, 0.3) is 0 Å². The number of halogens is 1. The number of benzene rings is 2. The average molecular weight is 344 g/mol. The number of hydrogen-bond acceptors (Lipinski definition) is 2. The standard InChI is InChI=1S/C18H18ClN3O2/c19-14-6-8-16(9-7-14)22-12-13(10-17(22)23)11-20-18(24)21-15-4-2-1-3-5-15/h1-9,13H,10-12H2,(H2,20,21,24)/t13-/m1/s1. The summed E-state index contributed by atoms with van der Waals surface area (Å²) in [5.74, 6) is 0.155. The van der Waals surface area contributed by atoms with Gasteiger partial charge in [0.1, 0.15) is 0 Å². The summed E-state index contributed by atoms with van der Waals surface area (Å²) < 4.78 is 0. The lowest BCUT2D eigenvalue weighted by Crippen LogP contribution is -2.34. The van der Waals surface area contributed by atoms with Crippen LogP contribution in [0.3, 0.4) is 0 Å². The third-order valence-electron chi connectivity index (χ3n) is 3.93. The lowest BCUT2D eigenvalue weighted by Gasteiger charge is -2.17. The van der Waals surface area contributed by atoms with E-state index in [1.54, 1.807) is 17.0 Å². The number of carbonyl (C=O) groups is 2. The average Bonchev–Trinajstić information content (AvgIpc) is 2.95.